The van der Waals surface area contributed by atoms with Crippen LogP contribution in [0.15, 0.2) is 41.5 Å². The lowest BCUT2D eigenvalue weighted by atomic mass is 10.0. The number of hydrogen-bond acceptors (Lipinski definition) is 4. The molecule has 0 bridgehead atoms. The van der Waals surface area contributed by atoms with E-state index in [-0.39, 0.29) is 16.7 Å². The zero-order valence-electron chi connectivity index (χ0n) is 16.0. The summed E-state index contributed by atoms with van der Waals surface area (Å²) in [5.41, 5.74) is -2.73. The molecule has 1 aromatic carbocycles. The molecule has 0 fully saturated rings. The Labute approximate surface area is 191 Å². The highest BCUT2D eigenvalue weighted by Crippen LogP contribution is 2.38. The second kappa shape index (κ2) is 8.02. The summed E-state index contributed by atoms with van der Waals surface area (Å²) in [7, 11) is 0. The number of aryl methyl sites for hydroxylation is 1. The molecule has 0 saturated heterocycles. The number of alkyl halides is 3. The molecule has 32 heavy (non-hydrogen) atoms. The zero-order valence-corrected chi connectivity index (χ0v) is 18.4. The van der Waals surface area contributed by atoms with Gasteiger partial charge in [-0.25, -0.2) is 14.2 Å². The van der Waals surface area contributed by atoms with E-state index in [1.165, 1.54) is 17.0 Å². The summed E-state index contributed by atoms with van der Waals surface area (Å²) in [4.78, 5) is 17.7. The van der Waals surface area contributed by atoms with Crippen molar-refractivity contribution in [2.24, 2.45) is 0 Å². The fourth-order valence-corrected chi connectivity index (χ4v) is 4.59. The third-order valence-corrected chi connectivity index (χ3v) is 6.17. The Morgan fingerprint density at radius 2 is 2.00 bits per heavy atom. The third kappa shape index (κ3) is 3.82. The maximum absolute atomic E-state index is 14.9. The van der Waals surface area contributed by atoms with Gasteiger partial charge in [-0.15, -0.1) is 11.3 Å². The molecule has 4 aromatic rings. The number of thiazole rings is 1. The molecule has 0 amide bonds. The molecular weight excluding hydrogens is 493 g/mol. The molecule has 12 heteroatoms. The Hall–Kier alpha value is -2.69. The molecular formula is C20H12Cl2F4N3O2S+. The van der Waals surface area contributed by atoms with Gasteiger partial charge in [-0.05, 0) is 31.2 Å². The van der Waals surface area contributed by atoms with E-state index >= 15 is 0 Å². The average molecular weight is 505 g/mol. The van der Waals surface area contributed by atoms with Gasteiger partial charge in [0.15, 0.2) is 10.0 Å². The van der Waals surface area contributed by atoms with Gasteiger partial charge >= 0.3 is 11.7 Å². The van der Waals surface area contributed by atoms with Crippen LogP contribution in [0, 0.1) is 12.7 Å². The van der Waals surface area contributed by atoms with Crippen molar-refractivity contribution in [1.29, 1.82) is 0 Å². The Morgan fingerprint density at radius 1 is 1.28 bits per heavy atom. The lowest BCUT2D eigenvalue weighted by molar-refractivity contribution is -0.671. The number of fused-ring (bicyclic) bond motifs is 1. The second-order valence-electron chi connectivity index (χ2n) is 6.87. The predicted octanol–water partition coefficient (Wildman–Crippen LogP) is 5.24. The minimum Gasteiger partial charge on any atom is -0.477 e. The van der Waals surface area contributed by atoms with Gasteiger partial charge in [0.25, 0.3) is 11.5 Å². The van der Waals surface area contributed by atoms with Gasteiger partial charge in [-0.3, -0.25) is 0 Å². The number of aromatic hydroxyl groups is 1. The van der Waals surface area contributed by atoms with E-state index in [1.807, 2.05) is 0 Å². The van der Waals surface area contributed by atoms with Crippen LogP contribution in [0.4, 0.5) is 17.6 Å². The van der Waals surface area contributed by atoms with E-state index in [0.29, 0.717) is 22.6 Å². The number of pyridine rings is 1. The van der Waals surface area contributed by atoms with Crippen molar-refractivity contribution in [3.05, 3.63) is 78.3 Å². The molecule has 0 saturated carbocycles. The van der Waals surface area contributed by atoms with Gasteiger partial charge < -0.3 is 5.11 Å². The van der Waals surface area contributed by atoms with Crippen LogP contribution >= 0.6 is 34.5 Å². The van der Waals surface area contributed by atoms with Crippen LogP contribution in [0.3, 0.4) is 0 Å². The van der Waals surface area contributed by atoms with Gasteiger partial charge in [0.2, 0.25) is 0 Å². The van der Waals surface area contributed by atoms with E-state index < -0.39 is 45.1 Å². The first-order chi connectivity index (χ1) is 15.0. The van der Waals surface area contributed by atoms with Gasteiger partial charge in [-0.2, -0.15) is 22.1 Å². The first-order valence-electron chi connectivity index (χ1n) is 8.92. The molecule has 0 aliphatic heterocycles. The van der Waals surface area contributed by atoms with Crippen LogP contribution in [0.2, 0.25) is 9.49 Å². The minimum absolute atomic E-state index is 0.0217. The topological polar surface area (TPSA) is 58.5 Å². The highest BCUT2D eigenvalue weighted by molar-refractivity contribution is 7.15. The molecule has 3 heterocycles. The molecule has 1 N–H and O–H groups in total. The fourth-order valence-electron chi connectivity index (χ4n) is 3.40. The van der Waals surface area contributed by atoms with E-state index in [4.69, 9.17) is 23.2 Å². The molecule has 166 valence electrons. The summed E-state index contributed by atoms with van der Waals surface area (Å²) in [5, 5.41) is 10.2. The number of benzene rings is 1. The van der Waals surface area contributed by atoms with Crippen molar-refractivity contribution < 1.29 is 27.2 Å². The van der Waals surface area contributed by atoms with Gasteiger partial charge in [-0.1, -0.05) is 23.2 Å². The minimum atomic E-state index is -4.85. The zero-order chi connectivity index (χ0) is 23.4. The second-order valence-corrected chi connectivity index (χ2v) is 8.98. The van der Waals surface area contributed by atoms with Crippen molar-refractivity contribution >= 4 is 40.2 Å². The Morgan fingerprint density at radius 3 is 2.62 bits per heavy atom. The molecule has 0 radical (unpaired) electrons. The molecule has 5 nitrogen and oxygen atoms in total. The lowest BCUT2D eigenvalue weighted by Crippen LogP contribution is -2.41. The highest BCUT2D eigenvalue weighted by atomic mass is 35.5. The van der Waals surface area contributed by atoms with Crippen molar-refractivity contribution in [3.63, 3.8) is 0 Å². The summed E-state index contributed by atoms with van der Waals surface area (Å²) in [5.74, 6) is -1.98. The van der Waals surface area contributed by atoms with E-state index in [2.05, 4.69) is 4.98 Å². The third-order valence-electron chi connectivity index (χ3n) is 4.79. The summed E-state index contributed by atoms with van der Waals surface area (Å²) >= 11 is 12.7. The summed E-state index contributed by atoms with van der Waals surface area (Å²) < 4.78 is 57.5. The van der Waals surface area contributed by atoms with Crippen molar-refractivity contribution in [2.75, 3.05) is 0 Å². The molecule has 3 aromatic heterocycles. The van der Waals surface area contributed by atoms with Gasteiger partial charge in [0.05, 0.1) is 21.7 Å². The molecule has 0 aliphatic carbocycles. The SMILES string of the molecule is Cc1cccn2c(=O)c(-c3cc(C(F)(F)F)cc(Cl)c3F)c(O)[n+](Cc3cnc(Cl)s3)c12. The van der Waals surface area contributed by atoms with E-state index in [9.17, 15) is 27.5 Å². The Balaban J connectivity index is 2.10. The van der Waals surface area contributed by atoms with E-state index in [0.717, 1.165) is 15.7 Å². The fraction of sp³-hybridized carbons (Fsp3) is 0.150. The van der Waals surface area contributed by atoms with Crippen LogP contribution in [-0.4, -0.2) is 14.5 Å². The maximum Gasteiger partial charge on any atom is 0.416 e. The quantitative estimate of drug-likeness (QED) is 0.306. The number of nitrogens with zero attached hydrogens (tertiary/aromatic N) is 3. The van der Waals surface area contributed by atoms with Crippen LogP contribution in [0.5, 0.6) is 5.88 Å². The standard InChI is InChI=1S/C20H11Cl2F4N3O2S/c1-9-3-2-4-28-16(9)29(8-11-7-27-19(22)32-11)18(31)14(17(28)30)12-5-10(20(24,25)26)6-13(21)15(12)23/h2-7H,8H2,1H3/p+1. The van der Waals surface area contributed by atoms with E-state index in [1.54, 1.807) is 19.1 Å². The molecule has 0 aliphatic rings. The number of aromatic nitrogens is 3. The molecule has 0 unspecified atom stereocenters. The summed E-state index contributed by atoms with van der Waals surface area (Å²) in [6.07, 6.45) is -2.02. The highest BCUT2D eigenvalue weighted by Gasteiger charge is 2.35. The average Bonchev–Trinajstić information content (AvgIpc) is 3.12. The van der Waals surface area contributed by atoms with Crippen LogP contribution in [0.25, 0.3) is 16.8 Å². The first kappa shape index (κ1) is 22.5. The largest absolute Gasteiger partial charge is 0.477 e. The molecule has 0 spiro atoms. The van der Waals surface area contributed by atoms with Crippen LogP contribution < -0.4 is 10.1 Å². The summed E-state index contributed by atoms with van der Waals surface area (Å²) in [6, 6.07) is 4.11. The Kier molecular flexibility index (Phi) is 5.64. The van der Waals surface area contributed by atoms with Crippen LogP contribution in [-0.2, 0) is 12.7 Å². The van der Waals surface area contributed by atoms with Crippen molar-refractivity contribution in [1.82, 2.24) is 9.38 Å². The smallest absolute Gasteiger partial charge is 0.416 e. The number of halogens is 6. The molecule has 4 rings (SSSR count). The maximum atomic E-state index is 14.9. The summed E-state index contributed by atoms with van der Waals surface area (Å²) in [6.45, 7) is 1.66. The van der Waals surface area contributed by atoms with Crippen LogP contribution in [0.1, 0.15) is 16.0 Å². The lowest BCUT2D eigenvalue weighted by Gasteiger charge is -2.14. The van der Waals surface area contributed by atoms with Crippen molar-refractivity contribution in [3.8, 4) is 17.0 Å². The van der Waals surface area contributed by atoms with Gasteiger partial charge in [0.1, 0.15) is 12.4 Å². The normalized spacial score (nSPS) is 12.0. The number of hydrogen-bond donors (Lipinski definition) is 1. The monoisotopic (exact) mass is 504 g/mol. The van der Waals surface area contributed by atoms with Gasteiger partial charge in [0, 0.05) is 17.3 Å². The van der Waals surface area contributed by atoms with Crippen molar-refractivity contribution in [2.45, 2.75) is 19.6 Å². The number of rotatable bonds is 3. The predicted molar refractivity (Wildman–Crippen MR) is 112 cm³/mol. The molecule has 0 atom stereocenters. The Bertz CT molecular complexity index is 1430. The first-order valence-corrected chi connectivity index (χ1v) is 10.5.